The second-order valence-corrected chi connectivity index (χ2v) is 5.75. The lowest BCUT2D eigenvalue weighted by Gasteiger charge is -2.44. The van der Waals surface area contributed by atoms with Crippen LogP contribution in [0.25, 0.3) is 0 Å². The van der Waals surface area contributed by atoms with Crippen LogP contribution in [0, 0.1) is 0 Å². The van der Waals surface area contributed by atoms with Crippen LogP contribution in [0.3, 0.4) is 0 Å². The van der Waals surface area contributed by atoms with Crippen molar-refractivity contribution >= 4 is 5.97 Å². The first-order valence-electron chi connectivity index (χ1n) is 7.46. The van der Waals surface area contributed by atoms with E-state index in [1.54, 1.807) is 0 Å². The summed E-state index contributed by atoms with van der Waals surface area (Å²) >= 11 is 0. The van der Waals surface area contributed by atoms with Gasteiger partial charge in [-0.2, -0.15) is 0 Å². The zero-order chi connectivity index (χ0) is 18.9. The summed E-state index contributed by atoms with van der Waals surface area (Å²) in [6, 6.07) is 0. The van der Waals surface area contributed by atoms with Gasteiger partial charge in [-0.3, -0.25) is 0 Å². The molecule has 12 heteroatoms. The monoisotopic (exact) mass is 370 g/mol. The Labute approximate surface area is 141 Å². The van der Waals surface area contributed by atoms with Crippen LogP contribution < -0.4 is 0 Å². The maximum absolute atomic E-state index is 11.6. The molecule has 2 rings (SSSR count). The second-order valence-electron chi connectivity index (χ2n) is 5.75. The van der Waals surface area contributed by atoms with Crippen LogP contribution >= 0.6 is 0 Å². The summed E-state index contributed by atoms with van der Waals surface area (Å²) in [5, 5.41) is 68.2. The average Bonchev–Trinajstić information content (AvgIpc) is 2.60. The lowest BCUT2D eigenvalue weighted by Crippen LogP contribution is -2.65. The van der Waals surface area contributed by atoms with Crippen molar-refractivity contribution < 1.29 is 59.5 Å². The van der Waals surface area contributed by atoms with Crippen LogP contribution in [-0.4, -0.2) is 117 Å². The minimum Gasteiger partial charge on any atom is -0.467 e. The third-order valence-corrected chi connectivity index (χ3v) is 4.13. The highest BCUT2D eigenvalue weighted by Gasteiger charge is 2.52. The van der Waals surface area contributed by atoms with Crippen molar-refractivity contribution in [1.82, 2.24) is 0 Å². The minimum absolute atomic E-state index is 0.703. The molecule has 2 saturated heterocycles. The first-order chi connectivity index (χ1) is 11.7. The van der Waals surface area contributed by atoms with Crippen molar-refractivity contribution in [2.75, 3.05) is 13.7 Å². The van der Waals surface area contributed by atoms with E-state index in [2.05, 4.69) is 4.74 Å². The highest BCUT2D eigenvalue weighted by atomic mass is 16.7. The Hall–Kier alpha value is -0.930. The number of hydrogen-bond acceptors (Lipinski definition) is 12. The standard InChI is InChI=1S/C13H22O12/c1-22-12(21)10-6(17)5(16)7(18)13(25-10)24-9-4(15)3(2-14)23-11(20)8(9)19/h3-11,13-20H,2H2,1H3. The predicted octanol–water partition coefficient (Wildman–Crippen LogP) is -5.22. The molecule has 25 heavy (non-hydrogen) atoms. The van der Waals surface area contributed by atoms with E-state index in [4.69, 9.17) is 19.3 Å². The molecule has 0 aromatic rings. The number of carbonyl (C=O) groups is 1. The molecule has 0 saturated carbocycles. The van der Waals surface area contributed by atoms with Crippen LogP contribution in [0.4, 0.5) is 0 Å². The van der Waals surface area contributed by atoms with Gasteiger partial charge < -0.3 is 54.7 Å². The van der Waals surface area contributed by atoms with E-state index in [9.17, 15) is 35.4 Å². The van der Waals surface area contributed by atoms with Gasteiger partial charge >= 0.3 is 5.97 Å². The molecule has 2 aliphatic heterocycles. The van der Waals surface area contributed by atoms with Crippen LogP contribution in [-0.2, 0) is 23.7 Å². The Bertz CT molecular complexity index is 460. The average molecular weight is 370 g/mol. The molecule has 0 spiro atoms. The third-order valence-electron chi connectivity index (χ3n) is 4.13. The predicted molar refractivity (Wildman–Crippen MR) is 73.5 cm³/mol. The van der Waals surface area contributed by atoms with Gasteiger partial charge in [0.1, 0.15) is 42.7 Å². The second kappa shape index (κ2) is 8.18. The van der Waals surface area contributed by atoms with Gasteiger partial charge in [0.2, 0.25) is 0 Å². The number of rotatable bonds is 4. The molecule has 0 aromatic carbocycles. The Morgan fingerprint density at radius 2 is 1.56 bits per heavy atom. The molecule has 146 valence electrons. The molecule has 7 N–H and O–H groups in total. The molecule has 0 aromatic heterocycles. The van der Waals surface area contributed by atoms with E-state index in [1.807, 2.05) is 0 Å². The van der Waals surface area contributed by atoms with Crippen molar-refractivity contribution in [3.63, 3.8) is 0 Å². The summed E-state index contributed by atoms with van der Waals surface area (Å²) in [5.74, 6) is -1.05. The first-order valence-corrected chi connectivity index (χ1v) is 7.46. The molecule has 2 heterocycles. The molecule has 2 fully saturated rings. The summed E-state index contributed by atoms with van der Waals surface area (Å²) in [6.07, 6.45) is -17.1. The largest absolute Gasteiger partial charge is 0.467 e. The van der Waals surface area contributed by atoms with E-state index in [0.29, 0.717) is 0 Å². The highest BCUT2D eigenvalue weighted by Crippen LogP contribution is 2.28. The molecule has 10 unspecified atom stereocenters. The number of hydrogen-bond donors (Lipinski definition) is 7. The molecular formula is C13H22O12. The molecule has 0 radical (unpaired) electrons. The van der Waals surface area contributed by atoms with Gasteiger partial charge in [-0.1, -0.05) is 0 Å². The third kappa shape index (κ3) is 3.93. The quantitative estimate of drug-likeness (QED) is 0.233. The fraction of sp³-hybridized carbons (Fsp3) is 0.923. The van der Waals surface area contributed by atoms with Crippen molar-refractivity contribution in [2.24, 2.45) is 0 Å². The van der Waals surface area contributed by atoms with Gasteiger partial charge in [-0.15, -0.1) is 0 Å². The number of aliphatic hydroxyl groups is 7. The van der Waals surface area contributed by atoms with Crippen LogP contribution in [0.5, 0.6) is 0 Å². The molecule has 0 aliphatic carbocycles. The number of carbonyl (C=O) groups excluding carboxylic acids is 1. The Morgan fingerprint density at radius 3 is 2.12 bits per heavy atom. The zero-order valence-corrected chi connectivity index (χ0v) is 13.2. The normalized spacial score (nSPS) is 48.2. The Morgan fingerprint density at radius 1 is 0.920 bits per heavy atom. The van der Waals surface area contributed by atoms with E-state index in [-0.39, 0.29) is 0 Å². The molecule has 0 amide bonds. The smallest absolute Gasteiger partial charge is 0.337 e. The van der Waals surface area contributed by atoms with Crippen LogP contribution in [0.1, 0.15) is 0 Å². The summed E-state index contributed by atoms with van der Waals surface area (Å²) in [7, 11) is 1.01. The number of methoxy groups -OCH3 is 1. The molecule has 10 atom stereocenters. The summed E-state index contributed by atoms with van der Waals surface area (Å²) in [5.41, 5.74) is 0. The van der Waals surface area contributed by atoms with Gasteiger partial charge in [-0.25, -0.2) is 4.79 Å². The van der Waals surface area contributed by atoms with E-state index < -0.39 is 74.0 Å². The van der Waals surface area contributed by atoms with Gasteiger partial charge in [0.25, 0.3) is 0 Å². The van der Waals surface area contributed by atoms with Crippen molar-refractivity contribution in [1.29, 1.82) is 0 Å². The van der Waals surface area contributed by atoms with E-state index >= 15 is 0 Å². The van der Waals surface area contributed by atoms with Gasteiger partial charge in [0.15, 0.2) is 18.7 Å². The molecule has 12 nitrogen and oxygen atoms in total. The van der Waals surface area contributed by atoms with Crippen LogP contribution in [0.2, 0.25) is 0 Å². The Kier molecular flexibility index (Phi) is 6.67. The van der Waals surface area contributed by atoms with Crippen LogP contribution in [0.15, 0.2) is 0 Å². The minimum atomic E-state index is -1.85. The summed E-state index contributed by atoms with van der Waals surface area (Å²) in [6.45, 7) is -0.703. The van der Waals surface area contributed by atoms with Crippen molar-refractivity contribution in [3.05, 3.63) is 0 Å². The van der Waals surface area contributed by atoms with Gasteiger partial charge in [0, 0.05) is 0 Å². The SMILES string of the molecule is COC(=O)C1OC(OC2C(O)C(O)OC(CO)C2O)C(O)C(O)C1O. The molecular weight excluding hydrogens is 348 g/mol. The van der Waals surface area contributed by atoms with Crippen molar-refractivity contribution in [2.45, 2.75) is 61.4 Å². The Balaban J connectivity index is 2.17. The number of aliphatic hydroxyl groups excluding tert-OH is 7. The van der Waals surface area contributed by atoms with E-state index in [1.165, 1.54) is 0 Å². The van der Waals surface area contributed by atoms with Gasteiger partial charge in [0.05, 0.1) is 13.7 Å². The van der Waals surface area contributed by atoms with Crippen molar-refractivity contribution in [3.8, 4) is 0 Å². The fourth-order valence-corrected chi connectivity index (χ4v) is 2.65. The molecule has 2 aliphatic rings. The highest BCUT2D eigenvalue weighted by molar-refractivity contribution is 5.75. The molecule has 0 bridgehead atoms. The summed E-state index contributed by atoms with van der Waals surface area (Å²) < 4.78 is 19.5. The number of ether oxygens (including phenoxy) is 4. The maximum atomic E-state index is 11.6. The van der Waals surface area contributed by atoms with Gasteiger partial charge in [-0.05, 0) is 0 Å². The topological polar surface area (TPSA) is 196 Å². The number of esters is 1. The maximum Gasteiger partial charge on any atom is 0.337 e. The summed E-state index contributed by atoms with van der Waals surface area (Å²) in [4.78, 5) is 11.6. The first kappa shape index (κ1) is 20.4. The van der Waals surface area contributed by atoms with E-state index in [0.717, 1.165) is 7.11 Å². The lowest BCUT2D eigenvalue weighted by atomic mass is 9.97. The zero-order valence-electron chi connectivity index (χ0n) is 13.2. The lowest BCUT2D eigenvalue weighted by molar-refractivity contribution is -0.351. The fourth-order valence-electron chi connectivity index (χ4n) is 2.65.